The van der Waals surface area contributed by atoms with Gasteiger partial charge >= 0.3 is 0 Å². The summed E-state index contributed by atoms with van der Waals surface area (Å²) < 4.78 is 0.890. The number of carbonyl (C=O) groups excluding carboxylic acids is 1. The SMILES string of the molecule is O=C(c1ccc(Br)cn1)N1CCCNCC1. The Morgan fingerprint density at radius 2 is 2.25 bits per heavy atom. The van der Waals surface area contributed by atoms with Gasteiger partial charge in [-0.15, -0.1) is 0 Å². The zero-order valence-electron chi connectivity index (χ0n) is 8.95. The first-order valence-corrected chi connectivity index (χ1v) is 6.18. The summed E-state index contributed by atoms with van der Waals surface area (Å²) >= 11 is 3.31. The molecule has 1 fully saturated rings. The highest BCUT2D eigenvalue weighted by Gasteiger charge is 2.17. The second-order valence-corrected chi connectivity index (χ2v) is 4.67. The Balaban J connectivity index is 2.08. The van der Waals surface area contributed by atoms with Crippen LogP contribution in [0.1, 0.15) is 16.9 Å². The molecule has 16 heavy (non-hydrogen) atoms. The van der Waals surface area contributed by atoms with Crippen LogP contribution in [0.4, 0.5) is 0 Å². The fourth-order valence-electron chi connectivity index (χ4n) is 1.71. The average molecular weight is 284 g/mol. The van der Waals surface area contributed by atoms with Gasteiger partial charge in [0.15, 0.2) is 0 Å². The van der Waals surface area contributed by atoms with Gasteiger partial charge in [-0.05, 0) is 41.0 Å². The molecule has 0 unspecified atom stereocenters. The molecule has 0 radical (unpaired) electrons. The molecule has 0 aliphatic carbocycles. The number of rotatable bonds is 1. The van der Waals surface area contributed by atoms with Crippen LogP contribution in [0, 0.1) is 0 Å². The van der Waals surface area contributed by atoms with E-state index in [1.807, 2.05) is 11.0 Å². The van der Waals surface area contributed by atoms with Gasteiger partial charge in [0.2, 0.25) is 0 Å². The van der Waals surface area contributed by atoms with E-state index in [-0.39, 0.29) is 5.91 Å². The van der Waals surface area contributed by atoms with E-state index in [9.17, 15) is 4.79 Å². The first kappa shape index (κ1) is 11.5. The number of amides is 1. The summed E-state index contributed by atoms with van der Waals surface area (Å²) in [5, 5.41) is 3.27. The summed E-state index contributed by atoms with van der Waals surface area (Å²) in [4.78, 5) is 18.1. The Kier molecular flexibility index (Phi) is 3.90. The summed E-state index contributed by atoms with van der Waals surface area (Å²) in [5.41, 5.74) is 0.519. The van der Waals surface area contributed by atoms with Gasteiger partial charge in [-0.2, -0.15) is 0 Å². The van der Waals surface area contributed by atoms with Crippen LogP contribution in [0.3, 0.4) is 0 Å². The maximum absolute atomic E-state index is 12.1. The number of aromatic nitrogens is 1. The smallest absolute Gasteiger partial charge is 0.272 e. The van der Waals surface area contributed by atoms with Crippen LogP contribution in [0.15, 0.2) is 22.8 Å². The highest BCUT2D eigenvalue weighted by molar-refractivity contribution is 9.10. The van der Waals surface area contributed by atoms with Crippen molar-refractivity contribution < 1.29 is 4.79 Å². The van der Waals surface area contributed by atoms with E-state index in [0.717, 1.165) is 37.1 Å². The van der Waals surface area contributed by atoms with Crippen molar-refractivity contribution in [3.8, 4) is 0 Å². The van der Waals surface area contributed by atoms with Crippen molar-refractivity contribution in [1.29, 1.82) is 0 Å². The van der Waals surface area contributed by atoms with Crippen LogP contribution in [0.2, 0.25) is 0 Å². The Morgan fingerprint density at radius 1 is 1.38 bits per heavy atom. The first-order chi connectivity index (χ1) is 7.77. The van der Waals surface area contributed by atoms with Crippen LogP contribution in [-0.2, 0) is 0 Å². The predicted octanol–water partition coefficient (Wildman–Crippen LogP) is 1.28. The largest absolute Gasteiger partial charge is 0.336 e. The summed E-state index contributed by atoms with van der Waals surface area (Å²) in [6.45, 7) is 3.42. The van der Waals surface area contributed by atoms with Crippen molar-refractivity contribution in [1.82, 2.24) is 15.2 Å². The number of hydrogen-bond donors (Lipinski definition) is 1. The van der Waals surface area contributed by atoms with Crippen molar-refractivity contribution in [2.45, 2.75) is 6.42 Å². The van der Waals surface area contributed by atoms with Gasteiger partial charge in [0.05, 0.1) is 0 Å². The maximum Gasteiger partial charge on any atom is 0.272 e. The number of nitrogens with zero attached hydrogens (tertiary/aromatic N) is 2. The zero-order valence-corrected chi connectivity index (χ0v) is 10.5. The molecule has 1 N–H and O–H groups in total. The Hall–Kier alpha value is -0.940. The lowest BCUT2D eigenvalue weighted by atomic mass is 10.3. The first-order valence-electron chi connectivity index (χ1n) is 5.39. The van der Waals surface area contributed by atoms with E-state index in [4.69, 9.17) is 0 Å². The number of nitrogens with one attached hydrogen (secondary N) is 1. The van der Waals surface area contributed by atoms with Crippen LogP contribution in [0.25, 0.3) is 0 Å². The molecule has 2 rings (SSSR count). The standard InChI is InChI=1S/C11H14BrN3O/c12-9-2-3-10(14-8-9)11(16)15-6-1-4-13-5-7-15/h2-3,8,13H,1,4-7H2. The molecule has 5 heteroatoms. The number of halogens is 1. The minimum Gasteiger partial charge on any atom is -0.336 e. The van der Waals surface area contributed by atoms with Crippen molar-refractivity contribution in [3.63, 3.8) is 0 Å². The molecule has 0 aromatic carbocycles. The summed E-state index contributed by atoms with van der Waals surface area (Å²) in [7, 11) is 0. The van der Waals surface area contributed by atoms with Gasteiger partial charge in [-0.25, -0.2) is 4.98 Å². The molecule has 4 nitrogen and oxygen atoms in total. The van der Waals surface area contributed by atoms with Gasteiger partial charge in [-0.1, -0.05) is 0 Å². The summed E-state index contributed by atoms with van der Waals surface area (Å²) in [6, 6.07) is 3.60. The van der Waals surface area contributed by atoms with Crippen LogP contribution >= 0.6 is 15.9 Å². The van der Waals surface area contributed by atoms with Gasteiger partial charge in [0, 0.05) is 30.3 Å². The molecular formula is C11H14BrN3O. The quantitative estimate of drug-likeness (QED) is 0.845. The maximum atomic E-state index is 12.1. The monoisotopic (exact) mass is 283 g/mol. The topological polar surface area (TPSA) is 45.2 Å². The average Bonchev–Trinajstić information content (AvgIpc) is 2.57. The molecule has 86 valence electrons. The molecular weight excluding hydrogens is 270 g/mol. The van der Waals surface area contributed by atoms with Crippen molar-refractivity contribution in [3.05, 3.63) is 28.5 Å². The molecule has 1 aliphatic rings. The van der Waals surface area contributed by atoms with Gasteiger partial charge in [0.1, 0.15) is 5.69 Å². The number of hydrogen-bond acceptors (Lipinski definition) is 3. The van der Waals surface area contributed by atoms with E-state index < -0.39 is 0 Å². The molecule has 0 bridgehead atoms. The minimum atomic E-state index is 0.0243. The highest BCUT2D eigenvalue weighted by Crippen LogP contribution is 2.09. The lowest BCUT2D eigenvalue weighted by Gasteiger charge is -2.19. The minimum absolute atomic E-state index is 0.0243. The van der Waals surface area contributed by atoms with Crippen LogP contribution in [0.5, 0.6) is 0 Å². The highest BCUT2D eigenvalue weighted by atomic mass is 79.9. The molecule has 1 aliphatic heterocycles. The zero-order chi connectivity index (χ0) is 11.4. The van der Waals surface area contributed by atoms with Gasteiger partial charge in [-0.3, -0.25) is 4.79 Å². The normalized spacial score (nSPS) is 16.9. The van der Waals surface area contributed by atoms with Crippen molar-refractivity contribution in [2.24, 2.45) is 0 Å². The van der Waals surface area contributed by atoms with Crippen LogP contribution in [-0.4, -0.2) is 42.0 Å². The van der Waals surface area contributed by atoms with Crippen LogP contribution < -0.4 is 5.32 Å². The second kappa shape index (κ2) is 5.41. The van der Waals surface area contributed by atoms with E-state index >= 15 is 0 Å². The third-order valence-electron chi connectivity index (χ3n) is 2.57. The molecule has 1 amide bonds. The molecule has 1 saturated heterocycles. The second-order valence-electron chi connectivity index (χ2n) is 3.76. The molecule has 0 spiro atoms. The Bertz CT molecular complexity index is 358. The summed E-state index contributed by atoms with van der Waals surface area (Å²) in [6.07, 6.45) is 2.66. The molecule has 1 aromatic heterocycles. The number of carbonyl (C=O) groups is 1. The summed E-state index contributed by atoms with van der Waals surface area (Å²) in [5.74, 6) is 0.0243. The van der Waals surface area contributed by atoms with E-state index in [1.165, 1.54) is 0 Å². The van der Waals surface area contributed by atoms with Gasteiger partial charge in [0.25, 0.3) is 5.91 Å². The van der Waals surface area contributed by atoms with E-state index in [1.54, 1.807) is 12.3 Å². The third kappa shape index (κ3) is 2.80. The predicted molar refractivity (Wildman–Crippen MR) is 65.3 cm³/mol. The Morgan fingerprint density at radius 3 is 3.00 bits per heavy atom. The molecule has 0 atom stereocenters. The lowest BCUT2D eigenvalue weighted by molar-refractivity contribution is 0.0760. The molecule has 0 saturated carbocycles. The van der Waals surface area contributed by atoms with E-state index in [2.05, 4.69) is 26.2 Å². The third-order valence-corrected chi connectivity index (χ3v) is 3.04. The lowest BCUT2D eigenvalue weighted by Crippen LogP contribution is -2.34. The van der Waals surface area contributed by atoms with E-state index in [0.29, 0.717) is 5.69 Å². The molecule has 1 aromatic rings. The van der Waals surface area contributed by atoms with Gasteiger partial charge < -0.3 is 10.2 Å². The number of pyridine rings is 1. The molecule has 2 heterocycles. The fourth-order valence-corrected chi connectivity index (χ4v) is 1.95. The van der Waals surface area contributed by atoms with Crippen molar-refractivity contribution in [2.75, 3.05) is 26.2 Å². The van der Waals surface area contributed by atoms with Crippen molar-refractivity contribution >= 4 is 21.8 Å². The Labute approximate surface area is 103 Å². The fraction of sp³-hybridized carbons (Fsp3) is 0.455.